The van der Waals surface area contributed by atoms with Crippen molar-refractivity contribution < 1.29 is 19.1 Å². The van der Waals surface area contributed by atoms with Crippen molar-refractivity contribution in [3.8, 4) is 5.75 Å². The van der Waals surface area contributed by atoms with Crippen molar-refractivity contribution in [2.75, 3.05) is 26.8 Å². The van der Waals surface area contributed by atoms with Crippen LogP contribution in [-0.2, 0) is 20.7 Å². The average Bonchev–Trinajstić information content (AvgIpc) is 3.19. The summed E-state index contributed by atoms with van der Waals surface area (Å²) in [4.78, 5) is 27.3. The van der Waals surface area contributed by atoms with Crippen LogP contribution in [0.3, 0.4) is 0 Å². The lowest BCUT2D eigenvalue weighted by atomic mass is 10.0. The van der Waals surface area contributed by atoms with Crippen molar-refractivity contribution in [2.24, 2.45) is 0 Å². The van der Waals surface area contributed by atoms with Gasteiger partial charge in [0.2, 0.25) is 5.91 Å². The summed E-state index contributed by atoms with van der Waals surface area (Å²) < 4.78 is 10.4. The van der Waals surface area contributed by atoms with Crippen molar-refractivity contribution in [1.82, 2.24) is 10.2 Å². The van der Waals surface area contributed by atoms with Crippen LogP contribution in [0.5, 0.6) is 5.75 Å². The number of nitrogens with one attached hydrogen (secondary N) is 1. The topological polar surface area (TPSA) is 67.9 Å². The van der Waals surface area contributed by atoms with E-state index in [1.807, 2.05) is 12.1 Å². The first-order chi connectivity index (χ1) is 14.0. The molecule has 0 radical (unpaired) electrons. The second-order valence-electron chi connectivity index (χ2n) is 6.92. The molecule has 0 spiro atoms. The van der Waals surface area contributed by atoms with Crippen LogP contribution in [0.25, 0.3) is 0 Å². The Morgan fingerprint density at radius 2 is 2.17 bits per heavy atom. The molecule has 1 N–H and O–H groups in total. The van der Waals surface area contributed by atoms with E-state index < -0.39 is 12.0 Å². The molecule has 0 aromatic heterocycles. The lowest BCUT2D eigenvalue weighted by Crippen LogP contribution is -2.50. The fourth-order valence-electron chi connectivity index (χ4n) is 3.42. The second kappa shape index (κ2) is 11.6. The molecule has 1 aliphatic rings. The van der Waals surface area contributed by atoms with Crippen LogP contribution in [0.15, 0.2) is 43.5 Å². The Hall–Kier alpha value is -2.31. The average molecular weight is 421 g/mol. The van der Waals surface area contributed by atoms with Gasteiger partial charge in [0.15, 0.2) is 0 Å². The summed E-state index contributed by atoms with van der Waals surface area (Å²) in [5.74, 6) is -0.103. The van der Waals surface area contributed by atoms with Crippen molar-refractivity contribution in [3.05, 3.63) is 54.1 Å². The quantitative estimate of drug-likeness (QED) is 0.440. The summed E-state index contributed by atoms with van der Waals surface area (Å²) in [7, 11) is 1.31. The van der Waals surface area contributed by atoms with Crippen LogP contribution in [0.2, 0.25) is 5.02 Å². The number of nitrogens with zero attached hydrogens (tertiary/aromatic N) is 1. The summed E-state index contributed by atoms with van der Waals surface area (Å²) in [6, 6.07) is 4.27. The Morgan fingerprint density at radius 1 is 1.38 bits per heavy atom. The summed E-state index contributed by atoms with van der Waals surface area (Å²) in [6.45, 7) is 9.35. The third-order valence-electron chi connectivity index (χ3n) is 4.88. The predicted octanol–water partition coefficient (Wildman–Crippen LogP) is 3.15. The van der Waals surface area contributed by atoms with Crippen LogP contribution in [0.4, 0.5) is 0 Å². The van der Waals surface area contributed by atoms with E-state index in [9.17, 15) is 9.59 Å². The number of benzene rings is 1. The highest BCUT2D eigenvalue weighted by Gasteiger charge is 2.33. The number of carbonyl (C=O) groups is 2. The van der Waals surface area contributed by atoms with Crippen LogP contribution in [0.1, 0.15) is 24.8 Å². The molecule has 1 fully saturated rings. The fraction of sp³-hybridized carbons (Fsp3) is 0.455. The molecule has 1 aromatic rings. The maximum atomic E-state index is 12.8. The van der Waals surface area contributed by atoms with Gasteiger partial charge in [0.1, 0.15) is 18.4 Å². The Labute approximate surface area is 177 Å². The third kappa shape index (κ3) is 6.61. The van der Waals surface area contributed by atoms with Crippen molar-refractivity contribution >= 4 is 23.5 Å². The number of hydrogen-bond acceptors (Lipinski definition) is 5. The van der Waals surface area contributed by atoms with E-state index in [0.717, 1.165) is 37.9 Å². The molecular weight excluding hydrogens is 392 g/mol. The van der Waals surface area contributed by atoms with E-state index in [0.29, 0.717) is 17.4 Å². The number of carbonyl (C=O) groups excluding carboxylic acids is 2. The number of rotatable bonds is 11. The number of hydrogen-bond donors (Lipinski definition) is 1. The van der Waals surface area contributed by atoms with Gasteiger partial charge >= 0.3 is 5.97 Å². The molecule has 6 nitrogen and oxygen atoms in total. The highest BCUT2D eigenvalue weighted by molar-refractivity contribution is 6.32. The third-order valence-corrected chi connectivity index (χ3v) is 5.18. The summed E-state index contributed by atoms with van der Waals surface area (Å²) in [5, 5.41) is 3.30. The molecule has 1 heterocycles. The summed E-state index contributed by atoms with van der Waals surface area (Å²) in [6.07, 6.45) is 6.31. The van der Waals surface area contributed by atoms with E-state index in [4.69, 9.17) is 21.1 Å². The zero-order chi connectivity index (χ0) is 21.2. The van der Waals surface area contributed by atoms with E-state index in [2.05, 4.69) is 23.4 Å². The first-order valence-corrected chi connectivity index (χ1v) is 10.1. The molecule has 158 valence electrons. The molecule has 0 aliphatic carbocycles. The van der Waals surface area contributed by atoms with Gasteiger partial charge in [-0.1, -0.05) is 36.4 Å². The lowest BCUT2D eigenvalue weighted by molar-refractivity contribution is -0.145. The maximum absolute atomic E-state index is 12.8. The Balaban J connectivity index is 2.06. The summed E-state index contributed by atoms with van der Waals surface area (Å²) >= 11 is 6.26. The van der Waals surface area contributed by atoms with Gasteiger partial charge in [-0.15, -0.1) is 6.58 Å². The zero-order valence-corrected chi connectivity index (χ0v) is 17.6. The first-order valence-electron chi connectivity index (χ1n) is 9.75. The molecule has 2 unspecified atom stereocenters. The molecule has 29 heavy (non-hydrogen) atoms. The standard InChI is InChI=1S/C22H29ClN2O4/c1-4-6-11-25-12-7-8-19(25)21(26)24-18(22(27)28-3)15-16-9-10-20(17(23)14-16)29-13-5-2/h4-5,9-10,14,18-19H,1-2,6-8,11-13,15H2,3H3,(H,24,26). The molecule has 2 rings (SSSR count). The van der Waals surface area contributed by atoms with Crippen LogP contribution >= 0.6 is 11.6 Å². The minimum atomic E-state index is -0.787. The molecule has 1 aromatic carbocycles. The van der Waals surface area contributed by atoms with Gasteiger partial charge in [-0.05, 0) is 43.5 Å². The van der Waals surface area contributed by atoms with E-state index >= 15 is 0 Å². The molecule has 1 saturated heterocycles. The van der Waals surface area contributed by atoms with Gasteiger partial charge in [-0.25, -0.2) is 4.79 Å². The molecule has 0 bridgehead atoms. The number of esters is 1. The maximum Gasteiger partial charge on any atom is 0.328 e. The predicted molar refractivity (Wildman–Crippen MR) is 114 cm³/mol. The highest BCUT2D eigenvalue weighted by Crippen LogP contribution is 2.26. The SMILES string of the molecule is C=CCCN1CCCC1C(=O)NC(Cc1ccc(OCC=C)c(Cl)c1)C(=O)OC. The van der Waals surface area contributed by atoms with Crippen LogP contribution in [0, 0.1) is 0 Å². The fourth-order valence-corrected chi connectivity index (χ4v) is 3.68. The largest absolute Gasteiger partial charge is 0.488 e. The first kappa shape index (κ1) is 23.0. The molecule has 1 aliphatic heterocycles. The van der Waals surface area contributed by atoms with Gasteiger partial charge in [0.25, 0.3) is 0 Å². The molecule has 7 heteroatoms. The van der Waals surface area contributed by atoms with E-state index in [1.54, 1.807) is 18.2 Å². The Bertz CT molecular complexity index is 738. The number of amides is 1. The monoisotopic (exact) mass is 420 g/mol. The number of ether oxygens (including phenoxy) is 2. The second-order valence-corrected chi connectivity index (χ2v) is 7.33. The Morgan fingerprint density at radius 3 is 2.83 bits per heavy atom. The lowest BCUT2D eigenvalue weighted by Gasteiger charge is -2.25. The van der Waals surface area contributed by atoms with Crippen LogP contribution in [-0.4, -0.2) is 55.7 Å². The van der Waals surface area contributed by atoms with Crippen molar-refractivity contribution in [2.45, 2.75) is 37.8 Å². The normalized spacial score (nSPS) is 17.4. The van der Waals surface area contributed by atoms with Gasteiger partial charge in [-0.2, -0.15) is 0 Å². The van der Waals surface area contributed by atoms with Gasteiger partial charge < -0.3 is 14.8 Å². The van der Waals surface area contributed by atoms with Crippen LogP contribution < -0.4 is 10.1 Å². The number of halogens is 1. The minimum absolute atomic E-state index is 0.154. The molecular formula is C22H29ClN2O4. The highest BCUT2D eigenvalue weighted by atomic mass is 35.5. The van der Waals surface area contributed by atoms with Gasteiger partial charge in [0, 0.05) is 13.0 Å². The smallest absolute Gasteiger partial charge is 0.328 e. The Kier molecular flexibility index (Phi) is 9.22. The molecule has 0 saturated carbocycles. The zero-order valence-electron chi connectivity index (χ0n) is 16.9. The minimum Gasteiger partial charge on any atom is -0.488 e. The summed E-state index contributed by atoms with van der Waals surface area (Å²) in [5.41, 5.74) is 0.798. The van der Waals surface area contributed by atoms with Gasteiger partial charge in [-0.3, -0.25) is 9.69 Å². The van der Waals surface area contributed by atoms with Crippen molar-refractivity contribution in [3.63, 3.8) is 0 Å². The van der Waals surface area contributed by atoms with E-state index in [-0.39, 0.29) is 18.4 Å². The number of methoxy groups -OCH3 is 1. The number of likely N-dealkylation sites (tertiary alicyclic amines) is 1. The van der Waals surface area contributed by atoms with Gasteiger partial charge in [0.05, 0.1) is 18.2 Å². The molecule has 2 atom stereocenters. The molecule has 1 amide bonds. The van der Waals surface area contributed by atoms with Crippen molar-refractivity contribution in [1.29, 1.82) is 0 Å². The van der Waals surface area contributed by atoms with E-state index in [1.165, 1.54) is 7.11 Å².